The molecule has 0 unspecified atom stereocenters. The molecule has 15 heavy (non-hydrogen) atoms. The van der Waals surface area contributed by atoms with Crippen LogP contribution in [0.25, 0.3) is 0 Å². The van der Waals surface area contributed by atoms with Gasteiger partial charge in [-0.25, -0.2) is 0 Å². The van der Waals surface area contributed by atoms with Gasteiger partial charge in [-0.05, 0) is 36.8 Å². The van der Waals surface area contributed by atoms with E-state index >= 15 is 0 Å². The lowest BCUT2D eigenvalue weighted by Gasteiger charge is -2.30. The van der Waals surface area contributed by atoms with Gasteiger partial charge in [-0.1, -0.05) is 46.5 Å². The topological polar surface area (TPSA) is 0 Å². The number of hydrogen-bond acceptors (Lipinski definition) is 0. The zero-order chi connectivity index (χ0) is 11.1. The molecule has 1 heteroatoms. The third-order valence-corrected chi connectivity index (χ3v) is 7.45. The molecule has 1 heterocycles. The van der Waals surface area contributed by atoms with Crippen LogP contribution >= 0.6 is 0 Å². The van der Waals surface area contributed by atoms with E-state index in [9.17, 15) is 0 Å². The van der Waals surface area contributed by atoms with Gasteiger partial charge in [0.05, 0.1) is 0 Å². The van der Waals surface area contributed by atoms with E-state index in [1.165, 1.54) is 44.9 Å². The van der Waals surface area contributed by atoms with Gasteiger partial charge in [0.15, 0.2) is 0 Å². The normalized spacial score (nSPS) is 16.9. The van der Waals surface area contributed by atoms with Crippen molar-refractivity contribution >= 4 is 14.1 Å². The van der Waals surface area contributed by atoms with Crippen molar-refractivity contribution in [3.63, 3.8) is 0 Å². The van der Waals surface area contributed by atoms with Crippen molar-refractivity contribution in [3.8, 4) is 0 Å². The van der Waals surface area contributed by atoms with Gasteiger partial charge in [-0.15, -0.1) is 5.67 Å². The quantitative estimate of drug-likeness (QED) is 0.552. The van der Waals surface area contributed by atoms with Crippen LogP contribution < -0.4 is 0 Å². The number of rotatable bonds is 7. The first-order valence-corrected chi connectivity index (χ1v) is 8.93. The van der Waals surface area contributed by atoms with E-state index in [0.29, 0.717) is 5.41 Å². The molecule has 1 aliphatic rings. The molecule has 0 nitrogen and oxygen atoms in total. The zero-order valence-electron chi connectivity index (χ0n) is 10.9. The molecule has 0 atom stereocenters. The van der Waals surface area contributed by atoms with Gasteiger partial charge < -0.3 is 0 Å². The maximum Gasteiger partial charge on any atom is 0.00533 e. The highest BCUT2D eigenvalue weighted by Crippen LogP contribution is 2.36. The maximum atomic E-state index is 2.66. The summed E-state index contributed by atoms with van der Waals surface area (Å²) in [5.74, 6) is 0. The Labute approximate surface area is 97.7 Å². The van der Waals surface area contributed by atoms with Gasteiger partial charge in [0, 0.05) is 8.41 Å². The molecule has 0 N–H and O–H groups in total. The second-order valence-electron chi connectivity index (χ2n) is 5.17. The monoisotopic (exact) mass is 224 g/mol. The van der Waals surface area contributed by atoms with Crippen molar-refractivity contribution in [2.45, 2.75) is 77.8 Å². The predicted molar refractivity (Wildman–Crippen MR) is 73.2 cm³/mol. The Morgan fingerprint density at radius 3 is 2.27 bits per heavy atom. The van der Waals surface area contributed by atoms with Crippen LogP contribution in [-0.4, -0.2) is 14.1 Å². The smallest absolute Gasteiger partial charge is 0.00533 e. The highest BCUT2D eigenvalue weighted by atomic mass is 28.2. The lowest BCUT2D eigenvalue weighted by molar-refractivity contribution is 0.226. The largest absolute Gasteiger partial charge is 0.104 e. The van der Waals surface area contributed by atoms with Crippen LogP contribution in [0.3, 0.4) is 0 Å². The Hall–Kier alpha value is 0.0869. The van der Waals surface area contributed by atoms with E-state index in [-0.39, 0.29) is 8.41 Å². The Kier molecular flexibility index (Phi) is 5.81. The average Bonchev–Trinajstić information content (AvgIpc) is 2.78. The fraction of sp³-hybridized carbons (Fsp3) is 0.929. The van der Waals surface area contributed by atoms with Gasteiger partial charge in [0.1, 0.15) is 0 Å². The first kappa shape index (κ1) is 13.2. The molecule has 0 amide bonds. The Bertz CT molecular complexity index is 193. The summed E-state index contributed by atoms with van der Waals surface area (Å²) >= 11 is 0. The molecule has 0 aromatic rings. The van der Waals surface area contributed by atoms with E-state index in [2.05, 4.69) is 26.4 Å². The molecule has 0 fully saturated rings. The molecule has 0 bridgehead atoms. The van der Waals surface area contributed by atoms with Gasteiger partial charge in [0.25, 0.3) is 0 Å². The molecule has 0 spiro atoms. The van der Waals surface area contributed by atoms with Crippen molar-refractivity contribution < 1.29 is 0 Å². The Morgan fingerprint density at radius 1 is 1.13 bits per heavy atom. The summed E-state index contributed by atoms with van der Waals surface area (Å²) in [6.45, 7) is 7.13. The predicted octanol–water partition coefficient (Wildman–Crippen LogP) is 4.66. The Balaban J connectivity index is 2.27. The zero-order valence-corrected chi connectivity index (χ0v) is 11.9. The molecular formula is C14H28Si. The van der Waals surface area contributed by atoms with Gasteiger partial charge >= 0.3 is 0 Å². The molecule has 0 saturated heterocycles. The van der Waals surface area contributed by atoms with Crippen molar-refractivity contribution in [1.82, 2.24) is 0 Å². The van der Waals surface area contributed by atoms with Crippen LogP contribution in [0.4, 0.5) is 0 Å². The molecular weight excluding hydrogens is 196 g/mol. The average molecular weight is 224 g/mol. The molecule has 1 aliphatic heterocycles. The second-order valence-corrected chi connectivity index (χ2v) is 7.89. The van der Waals surface area contributed by atoms with E-state index in [4.69, 9.17) is 0 Å². The van der Waals surface area contributed by atoms with Gasteiger partial charge in [0.2, 0.25) is 0 Å². The second kappa shape index (κ2) is 6.62. The summed E-state index contributed by atoms with van der Waals surface area (Å²) < 4.78 is 0. The van der Waals surface area contributed by atoms with E-state index in [1.54, 1.807) is 12.1 Å². The third kappa shape index (κ3) is 3.86. The summed E-state index contributed by atoms with van der Waals surface area (Å²) in [6, 6.07) is 3.13. The first-order chi connectivity index (χ1) is 7.26. The minimum absolute atomic E-state index is 0.0166. The molecule has 0 aromatic carbocycles. The van der Waals surface area contributed by atoms with Gasteiger partial charge in [-0.3, -0.25) is 0 Å². The van der Waals surface area contributed by atoms with Crippen LogP contribution in [0.5, 0.6) is 0 Å². The standard InChI is InChI=1S/C14H28Si/c1-4-14(5-2,6-3)10-9-13-15-11-7-8-12-15/h11H,4-10,12-13H2,1-3H3. The minimum atomic E-state index is 0.0166. The van der Waals surface area contributed by atoms with E-state index in [1.807, 2.05) is 0 Å². The van der Waals surface area contributed by atoms with E-state index < -0.39 is 0 Å². The van der Waals surface area contributed by atoms with Crippen molar-refractivity contribution in [2.24, 2.45) is 5.41 Å². The van der Waals surface area contributed by atoms with Crippen molar-refractivity contribution in [2.75, 3.05) is 0 Å². The van der Waals surface area contributed by atoms with Crippen LogP contribution in [0.1, 0.15) is 65.7 Å². The molecule has 0 aromatic heterocycles. The molecule has 88 valence electrons. The molecule has 0 aliphatic carbocycles. The first-order valence-electron chi connectivity index (χ1n) is 6.94. The molecule has 0 saturated carbocycles. The van der Waals surface area contributed by atoms with Gasteiger partial charge in [-0.2, -0.15) is 0 Å². The minimum Gasteiger partial charge on any atom is -0.104 e. The molecule has 1 rings (SSSR count). The van der Waals surface area contributed by atoms with E-state index in [0.717, 1.165) is 0 Å². The lowest BCUT2D eigenvalue weighted by atomic mass is 9.76. The van der Waals surface area contributed by atoms with Crippen LogP contribution in [0.2, 0.25) is 12.1 Å². The van der Waals surface area contributed by atoms with Crippen LogP contribution in [0.15, 0.2) is 0 Å². The highest BCUT2D eigenvalue weighted by molar-refractivity contribution is 6.67. The van der Waals surface area contributed by atoms with Crippen LogP contribution in [-0.2, 0) is 0 Å². The summed E-state index contributed by atoms with van der Waals surface area (Å²) in [6.07, 6.45) is 10.0. The summed E-state index contributed by atoms with van der Waals surface area (Å²) in [5, 5.41) is 0. The lowest BCUT2D eigenvalue weighted by Crippen LogP contribution is -2.18. The summed E-state index contributed by atoms with van der Waals surface area (Å²) in [5.41, 5.74) is 3.34. The highest BCUT2D eigenvalue weighted by Gasteiger charge is 2.23. The maximum absolute atomic E-state index is 2.66. The fourth-order valence-corrected chi connectivity index (χ4v) is 5.49. The Morgan fingerprint density at radius 2 is 1.80 bits per heavy atom. The summed E-state index contributed by atoms with van der Waals surface area (Å²) in [7, 11) is 0.0166. The van der Waals surface area contributed by atoms with Crippen molar-refractivity contribution in [3.05, 3.63) is 0 Å². The van der Waals surface area contributed by atoms with Crippen molar-refractivity contribution in [1.29, 1.82) is 0 Å². The molecule has 0 radical (unpaired) electrons. The van der Waals surface area contributed by atoms with Crippen LogP contribution in [0, 0.1) is 5.41 Å². The third-order valence-electron chi connectivity index (χ3n) is 4.59. The SMILES string of the molecule is CCC(CC)(CC)CCC[Si]1=CCCC1. The number of hydrogen-bond donors (Lipinski definition) is 0. The summed E-state index contributed by atoms with van der Waals surface area (Å²) in [4.78, 5) is 0. The fourth-order valence-electron chi connectivity index (χ4n) is 2.94.